The van der Waals surface area contributed by atoms with Crippen LogP contribution >= 0.6 is 0 Å². The molecule has 0 amide bonds. The Bertz CT molecular complexity index is 557. The summed E-state index contributed by atoms with van der Waals surface area (Å²) in [7, 11) is 0. The Morgan fingerprint density at radius 1 is 0.857 bits per heavy atom. The summed E-state index contributed by atoms with van der Waals surface area (Å²) in [6.07, 6.45) is 16.5. The van der Waals surface area contributed by atoms with E-state index < -0.39 is 0 Å². The number of hydrogen-bond donors (Lipinski definition) is 0. The van der Waals surface area contributed by atoms with Crippen molar-refractivity contribution in [2.75, 3.05) is 26.2 Å². The normalized spacial score (nSPS) is 51.5. The molecule has 0 radical (unpaired) electrons. The van der Waals surface area contributed by atoms with Gasteiger partial charge in [-0.1, -0.05) is 20.8 Å². The third kappa shape index (κ3) is 3.20. The molecule has 0 aromatic rings. The first kappa shape index (κ1) is 19.9. The van der Waals surface area contributed by atoms with Crippen molar-refractivity contribution < 1.29 is 4.74 Å². The molecule has 28 heavy (non-hydrogen) atoms. The fraction of sp³-hybridized carbons (Fsp3) is 1.00. The summed E-state index contributed by atoms with van der Waals surface area (Å²) >= 11 is 0. The molecule has 0 spiro atoms. The number of hydrogen-bond acceptors (Lipinski definition) is 2. The van der Waals surface area contributed by atoms with E-state index in [1.807, 2.05) is 0 Å². The van der Waals surface area contributed by atoms with Crippen LogP contribution in [0.4, 0.5) is 0 Å². The van der Waals surface area contributed by atoms with Crippen LogP contribution in [0.25, 0.3) is 0 Å². The monoisotopic (exact) mass is 387 g/mol. The van der Waals surface area contributed by atoms with Crippen molar-refractivity contribution in [2.45, 2.75) is 97.5 Å². The van der Waals surface area contributed by atoms with E-state index in [0.29, 0.717) is 16.9 Å². The minimum absolute atomic E-state index is 0.553. The molecule has 5 rings (SSSR count). The van der Waals surface area contributed by atoms with Gasteiger partial charge in [0.15, 0.2) is 0 Å². The molecular formula is C26H45NO. The molecule has 0 N–H and O–H groups in total. The average Bonchev–Trinajstić information content (AvgIpc) is 3.30. The SMILES string of the molecule is C[C@H]1CCC2C3CCC4C[C@@H](OCCN5CCCC5)CC[C@]4(C)C3CC[C@@]21C. The highest BCUT2D eigenvalue weighted by Gasteiger charge is 2.59. The van der Waals surface area contributed by atoms with Crippen LogP contribution in [0.1, 0.15) is 91.4 Å². The van der Waals surface area contributed by atoms with Crippen molar-refractivity contribution in [3.05, 3.63) is 0 Å². The van der Waals surface area contributed by atoms with Gasteiger partial charge in [0.2, 0.25) is 0 Å². The molecule has 160 valence electrons. The summed E-state index contributed by atoms with van der Waals surface area (Å²) in [5.74, 6) is 4.98. The Morgan fingerprint density at radius 2 is 1.61 bits per heavy atom. The van der Waals surface area contributed by atoms with Gasteiger partial charge in [0.1, 0.15) is 0 Å². The number of likely N-dealkylation sites (tertiary alicyclic amines) is 1. The van der Waals surface area contributed by atoms with Crippen LogP contribution in [0.5, 0.6) is 0 Å². The van der Waals surface area contributed by atoms with Gasteiger partial charge < -0.3 is 9.64 Å². The van der Waals surface area contributed by atoms with Gasteiger partial charge in [0.05, 0.1) is 12.7 Å². The van der Waals surface area contributed by atoms with Gasteiger partial charge in [-0.3, -0.25) is 0 Å². The maximum atomic E-state index is 6.43. The lowest BCUT2D eigenvalue weighted by atomic mass is 9.45. The van der Waals surface area contributed by atoms with Crippen LogP contribution in [0.3, 0.4) is 0 Å². The molecule has 0 bridgehead atoms. The molecule has 5 fully saturated rings. The van der Waals surface area contributed by atoms with Gasteiger partial charge in [0.25, 0.3) is 0 Å². The van der Waals surface area contributed by atoms with Crippen LogP contribution in [0.15, 0.2) is 0 Å². The summed E-state index contributed by atoms with van der Waals surface area (Å²) < 4.78 is 6.43. The maximum Gasteiger partial charge on any atom is 0.0597 e. The fourth-order valence-corrected chi connectivity index (χ4v) is 8.99. The summed E-state index contributed by atoms with van der Waals surface area (Å²) in [5.41, 5.74) is 1.28. The second-order valence-electron chi connectivity index (χ2n) is 12.0. The van der Waals surface area contributed by atoms with E-state index in [9.17, 15) is 0 Å². The van der Waals surface area contributed by atoms with E-state index in [1.54, 1.807) is 0 Å². The third-order valence-electron chi connectivity index (χ3n) is 11.1. The number of nitrogens with zero attached hydrogens (tertiary/aromatic N) is 1. The highest BCUT2D eigenvalue weighted by atomic mass is 16.5. The van der Waals surface area contributed by atoms with E-state index in [-0.39, 0.29) is 0 Å². The van der Waals surface area contributed by atoms with Crippen LogP contribution in [-0.2, 0) is 4.74 Å². The standard InChI is InChI=1S/C26H45NO/c1-19-6-9-23-22-8-7-20-18-21(28-17-16-27-14-4-5-15-27)10-12-26(20,3)24(22)11-13-25(19,23)2/h19-24H,4-18H2,1-3H3/t19-,20?,21-,22?,23?,24?,25+,26-/m0/s1. The molecule has 8 atom stereocenters. The minimum atomic E-state index is 0.553. The lowest BCUT2D eigenvalue weighted by Gasteiger charge is -2.61. The van der Waals surface area contributed by atoms with E-state index in [1.165, 1.54) is 90.3 Å². The Labute approximate surface area is 174 Å². The quantitative estimate of drug-likeness (QED) is 0.574. The van der Waals surface area contributed by atoms with Crippen molar-refractivity contribution in [1.29, 1.82) is 0 Å². The molecule has 0 aromatic heterocycles. The van der Waals surface area contributed by atoms with Gasteiger partial charge in [-0.2, -0.15) is 0 Å². The highest BCUT2D eigenvalue weighted by molar-refractivity contribution is 5.08. The maximum absolute atomic E-state index is 6.43. The van der Waals surface area contributed by atoms with E-state index in [0.717, 1.165) is 36.2 Å². The lowest BCUT2D eigenvalue weighted by Crippen LogP contribution is -2.54. The molecule has 1 saturated heterocycles. The van der Waals surface area contributed by atoms with Gasteiger partial charge in [0, 0.05) is 6.54 Å². The molecule has 2 heteroatoms. The molecular weight excluding hydrogens is 342 g/mol. The first-order valence-corrected chi connectivity index (χ1v) is 12.8. The van der Waals surface area contributed by atoms with Crippen molar-refractivity contribution in [1.82, 2.24) is 4.90 Å². The van der Waals surface area contributed by atoms with Gasteiger partial charge >= 0.3 is 0 Å². The van der Waals surface area contributed by atoms with Crippen LogP contribution < -0.4 is 0 Å². The molecule has 1 aliphatic heterocycles. The zero-order valence-corrected chi connectivity index (χ0v) is 18.9. The van der Waals surface area contributed by atoms with Gasteiger partial charge in [-0.15, -0.1) is 0 Å². The molecule has 4 saturated carbocycles. The third-order valence-corrected chi connectivity index (χ3v) is 11.1. The predicted molar refractivity (Wildman–Crippen MR) is 116 cm³/mol. The smallest absolute Gasteiger partial charge is 0.0597 e. The first-order valence-electron chi connectivity index (χ1n) is 12.8. The molecule has 1 heterocycles. The van der Waals surface area contributed by atoms with Crippen LogP contribution in [0, 0.1) is 40.4 Å². The van der Waals surface area contributed by atoms with E-state index in [2.05, 4.69) is 25.7 Å². The highest BCUT2D eigenvalue weighted by Crippen LogP contribution is 2.67. The van der Waals surface area contributed by atoms with Crippen LogP contribution in [0.2, 0.25) is 0 Å². The number of fused-ring (bicyclic) bond motifs is 5. The number of ether oxygens (including phenoxy) is 1. The zero-order chi connectivity index (χ0) is 19.4. The molecule has 4 aliphatic carbocycles. The molecule has 4 unspecified atom stereocenters. The van der Waals surface area contributed by atoms with Crippen molar-refractivity contribution >= 4 is 0 Å². The summed E-state index contributed by atoms with van der Waals surface area (Å²) in [5, 5.41) is 0. The van der Waals surface area contributed by atoms with Crippen molar-refractivity contribution in [3.63, 3.8) is 0 Å². The summed E-state index contributed by atoms with van der Waals surface area (Å²) in [4.78, 5) is 2.60. The topological polar surface area (TPSA) is 12.5 Å². The molecule has 2 nitrogen and oxygen atoms in total. The van der Waals surface area contributed by atoms with Crippen molar-refractivity contribution in [3.8, 4) is 0 Å². The van der Waals surface area contributed by atoms with Gasteiger partial charge in [-0.25, -0.2) is 0 Å². The number of rotatable bonds is 4. The summed E-state index contributed by atoms with van der Waals surface area (Å²) in [6.45, 7) is 12.7. The first-order chi connectivity index (χ1) is 13.5. The summed E-state index contributed by atoms with van der Waals surface area (Å²) in [6, 6.07) is 0. The van der Waals surface area contributed by atoms with E-state index in [4.69, 9.17) is 4.74 Å². The molecule has 0 aromatic carbocycles. The van der Waals surface area contributed by atoms with Crippen molar-refractivity contribution in [2.24, 2.45) is 40.4 Å². The molecule has 5 aliphatic rings. The van der Waals surface area contributed by atoms with Crippen LogP contribution in [-0.4, -0.2) is 37.2 Å². The van der Waals surface area contributed by atoms with Gasteiger partial charge in [-0.05, 0) is 124 Å². The predicted octanol–water partition coefficient (Wildman–Crippen LogP) is 6.15. The van der Waals surface area contributed by atoms with E-state index >= 15 is 0 Å². The second kappa shape index (κ2) is 7.56. The average molecular weight is 388 g/mol. The zero-order valence-electron chi connectivity index (χ0n) is 18.9. The Balaban J connectivity index is 1.20. The lowest BCUT2D eigenvalue weighted by molar-refractivity contribution is -0.134. The largest absolute Gasteiger partial charge is 0.377 e. The fourth-order valence-electron chi connectivity index (χ4n) is 8.99. The Kier molecular flexibility index (Phi) is 5.36. The second-order valence-corrected chi connectivity index (χ2v) is 12.0. The Morgan fingerprint density at radius 3 is 2.43 bits per heavy atom. The minimum Gasteiger partial charge on any atom is -0.377 e. The Hall–Kier alpha value is -0.0800.